The van der Waals surface area contributed by atoms with E-state index in [1.807, 2.05) is 32.0 Å². The summed E-state index contributed by atoms with van der Waals surface area (Å²) in [5.41, 5.74) is 2.52. The summed E-state index contributed by atoms with van der Waals surface area (Å²) in [5.74, 6) is -1.50. The highest BCUT2D eigenvalue weighted by Crippen LogP contribution is 2.30. The van der Waals surface area contributed by atoms with Crippen LogP contribution < -0.4 is 14.8 Å². The van der Waals surface area contributed by atoms with Crippen molar-refractivity contribution in [1.29, 1.82) is 0 Å². The van der Waals surface area contributed by atoms with E-state index in [1.54, 1.807) is 6.92 Å². The second kappa shape index (κ2) is 9.86. The molecule has 2 rings (SSSR count). The molecule has 1 amide bonds. The first-order valence-corrected chi connectivity index (χ1v) is 9.02. The molecule has 0 saturated heterocycles. The van der Waals surface area contributed by atoms with Crippen LogP contribution in [0.3, 0.4) is 0 Å². The normalized spacial score (nSPS) is 11.7. The number of carbonyl (C=O) groups excluding carboxylic acids is 2. The Hall–Kier alpha value is -3.16. The summed E-state index contributed by atoms with van der Waals surface area (Å²) in [6.45, 7) is 4.01. The van der Waals surface area contributed by atoms with Gasteiger partial charge in [-0.05, 0) is 63.1 Å². The Bertz CT molecular complexity index is 885. The topological polar surface area (TPSA) is 73.9 Å². The van der Waals surface area contributed by atoms with E-state index in [4.69, 9.17) is 9.47 Å². The van der Waals surface area contributed by atoms with Gasteiger partial charge >= 0.3 is 12.6 Å². The standard InChI is InChI=1S/C21H23F2NO5/c1-5-27-18-11-15(8-9-17(18)29-21(22)23)20(26)28-14(4)19(25)24-16-10-12(2)6-7-13(16)3/h6-11,14,21H,5H2,1-4H3,(H,24,25)/t14-/m0/s1. The molecule has 0 aromatic heterocycles. The molecule has 0 aliphatic rings. The third kappa shape index (κ3) is 6.17. The van der Waals surface area contributed by atoms with Crippen molar-refractivity contribution in [3.05, 3.63) is 53.1 Å². The molecule has 0 aliphatic heterocycles. The van der Waals surface area contributed by atoms with Gasteiger partial charge in [0.25, 0.3) is 5.91 Å². The predicted molar refractivity (Wildman–Crippen MR) is 104 cm³/mol. The number of hydrogen-bond acceptors (Lipinski definition) is 5. The van der Waals surface area contributed by atoms with Crippen LogP contribution in [-0.2, 0) is 9.53 Å². The highest BCUT2D eigenvalue weighted by molar-refractivity contribution is 5.98. The van der Waals surface area contributed by atoms with Crippen LogP contribution in [0.4, 0.5) is 14.5 Å². The third-order valence-electron chi connectivity index (χ3n) is 4.00. The van der Waals surface area contributed by atoms with E-state index in [2.05, 4.69) is 10.1 Å². The van der Waals surface area contributed by atoms with E-state index in [1.165, 1.54) is 25.1 Å². The maximum absolute atomic E-state index is 12.5. The van der Waals surface area contributed by atoms with E-state index in [9.17, 15) is 18.4 Å². The Morgan fingerprint density at radius 1 is 1.07 bits per heavy atom. The number of anilines is 1. The number of hydrogen-bond donors (Lipinski definition) is 1. The summed E-state index contributed by atoms with van der Waals surface area (Å²) >= 11 is 0. The number of esters is 1. The van der Waals surface area contributed by atoms with Crippen molar-refractivity contribution >= 4 is 17.6 Å². The summed E-state index contributed by atoms with van der Waals surface area (Å²) in [5, 5.41) is 2.73. The van der Waals surface area contributed by atoms with Gasteiger partial charge in [0.2, 0.25) is 0 Å². The fraction of sp³-hybridized carbons (Fsp3) is 0.333. The smallest absolute Gasteiger partial charge is 0.387 e. The van der Waals surface area contributed by atoms with Crippen molar-refractivity contribution in [1.82, 2.24) is 0 Å². The first-order valence-electron chi connectivity index (χ1n) is 9.02. The third-order valence-corrected chi connectivity index (χ3v) is 4.00. The summed E-state index contributed by atoms with van der Waals surface area (Å²) in [7, 11) is 0. The number of benzene rings is 2. The van der Waals surface area contributed by atoms with Gasteiger partial charge in [0, 0.05) is 5.69 Å². The molecule has 0 aliphatic carbocycles. The fourth-order valence-electron chi connectivity index (χ4n) is 2.48. The summed E-state index contributed by atoms with van der Waals surface area (Å²) in [4.78, 5) is 24.7. The van der Waals surface area contributed by atoms with E-state index in [0.717, 1.165) is 11.1 Å². The Morgan fingerprint density at radius 3 is 2.45 bits per heavy atom. The van der Waals surface area contributed by atoms with Crippen molar-refractivity contribution < 1.29 is 32.6 Å². The summed E-state index contributed by atoms with van der Waals surface area (Å²) in [6, 6.07) is 9.30. The van der Waals surface area contributed by atoms with Crippen LogP contribution in [0.5, 0.6) is 11.5 Å². The summed E-state index contributed by atoms with van der Waals surface area (Å²) < 4.78 is 39.8. The van der Waals surface area contributed by atoms with E-state index in [-0.39, 0.29) is 23.7 Å². The lowest BCUT2D eigenvalue weighted by atomic mass is 10.1. The van der Waals surface area contributed by atoms with Crippen molar-refractivity contribution in [2.24, 2.45) is 0 Å². The molecular formula is C21H23F2NO5. The Morgan fingerprint density at radius 2 is 1.79 bits per heavy atom. The molecule has 1 N–H and O–H groups in total. The molecule has 0 bridgehead atoms. The van der Waals surface area contributed by atoms with Crippen LogP contribution in [-0.4, -0.2) is 31.2 Å². The van der Waals surface area contributed by atoms with Gasteiger partial charge in [-0.15, -0.1) is 0 Å². The monoisotopic (exact) mass is 407 g/mol. The number of ether oxygens (including phenoxy) is 3. The van der Waals surface area contributed by atoms with Crippen LogP contribution >= 0.6 is 0 Å². The molecule has 0 fully saturated rings. The van der Waals surface area contributed by atoms with Crippen LogP contribution in [0.15, 0.2) is 36.4 Å². The zero-order valence-electron chi connectivity index (χ0n) is 16.6. The molecule has 0 heterocycles. The highest BCUT2D eigenvalue weighted by Gasteiger charge is 2.21. The van der Waals surface area contributed by atoms with Gasteiger partial charge in [-0.1, -0.05) is 12.1 Å². The first kappa shape index (κ1) is 22.1. The minimum absolute atomic E-state index is 0.0188. The van der Waals surface area contributed by atoms with Gasteiger partial charge in [0.05, 0.1) is 12.2 Å². The van der Waals surface area contributed by atoms with Gasteiger partial charge in [0.1, 0.15) is 0 Å². The van der Waals surface area contributed by atoms with Gasteiger partial charge in [-0.3, -0.25) is 4.79 Å². The maximum atomic E-state index is 12.5. The average molecular weight is 407 g/mol. The lowest BCUT2D eigenvalue weighted by molar-refractivity contribution is -0.123. The SMILES string of the molecule is CCOc1cc(C(=O)O[C@@H](C)C(=O)Nc2cc(C)ccc2C)ccc1OC(F)F. The molecule has 0 saturated carbocycles. The second-order valence-corrected chi connectivity index (χ2v) is 6.33. The zero-order valence-corrected chi connectivity index (χ0v) is 16.6. The van der Waals surface area contributed by atoms with Crippen LogP contribution in [0.25, 0.3) is 0 Å². The molecule has 2 aromatic rings. The molecule has 156 valence electrons. The molecule has 0 radical (unpaired) electrons. The molecule has 0 spiro atoms. The molecule has 1 atom stereocenters. The summed E-state index contributed by atoms with van der Waals surface area (Å²) in [6.07, 6.45) is -1.07. The largest absolute Gasteiger partial charge is 0.490 e. The lowest BCUT2D eigenvalue weighted by Gasteiger charge is -2.16. The Labute approximate surface area is 167 Å². The predicted octanol–water partition coefficient (Wildman–Crippen LogP) is 4.49. The number of nitrogens with one attached hydrogen (secondary N) is 1. The van der Waals surface area contributed by atoms with Crippen LogP contribution in [0, 0.1) is 13.8 Å². The molecule has 29 heavy (non-hydrogen) atoms. The van der Waals surface area contributed by atoms with Gasteiger partial charge in [0.15, 0.2) is 17.6 Å². The Balaban J connectivity index is 2.09. The number of alkyl halides is 2. The van der Waals surface area contributed by atoms with Crippen molar-refractivity contribution in [3.8, 4) is 11.5 Å². The molecule has 6 nitrogen and oxygen atoms in total. The lowest BCUT2D eigenvalue weighted by Crippen LogP contribution is -2.30. The van der Waals surface area contributed by atoms with Crippen LogP contribution in [0.2, 0.25) is 0 Å². The minimum atomic E-state index is -3.03. The fourth-order valence-corrected chi connectivity index (χ4v) is 2.48. The number of rotatable bonds is 8. The Kier molecular flexibility index (Phi) is 7.52. The molecule has 0 unspecified atom stereocenters. The first-order chi connectivity index (χ1) is 13.7. The van der Waals surface area contributed by atoms with E-state index in [0.29, 0.717) is 5.69 Å². The minimum Gasteiger partial charge on any atom is -0.490 e. The quantitative estimate of drug-likeness (QED) is 0.653. The van der Waals surface area contributed by atoms with Crippen molar-refractivity contribution in [3.63, 3.8) is 0 Å². The van der Waals surface area contributed by atoms with Crippen LogP contribution in [0.1, 0.15) is 35.3 Å². The van der Waals surface area contributed by atoms with Crippen molar-refractivity contribution in [2.75, 3.05) is 11.9 Å². The number of aryl methyl sites for hydroxylation is 2. The van der Waals surface area contributed by atoms with E-state index >= 15 is 0 Å². The van der Waals surface area contributed by atoms with Gasteiger partial charge < -0.3 is 19.5 Å². The zero-order chi connectivity index (χ0) is 21.6. The van der Waals surface area contributed by atoms with Crippen molar-refractivity contribution in [2.45, 2.75) is 40.4 Å². The molecule has 2 aromatic carbocycles. The number of amides is 1. The maximum Gasteiger partial charge on any atom is 0.387 e. The van der Waals surface area contributed by atoms with Gasteiger partial charge in [-0.25, -0.2) is 4.79 Å². The van der Waals surface area contributed by atoms with Gasteiger partial charge in [-0.2, -0.15) is 8.78 Å². The highest BCUT2D eigenvalue weighted by atomic mass is 19.3. The molecular weight excluding hydrogens is 384 g/mol. The average Bonchev–Trinajstić information content (AvgIpc) is 2.65. The number of halogens is 2. The number of carbonyl (C=O) groups is 2. The van der Waals surface area contributed by atoms with E-state index < -0.39 is 24.6 Å². The second-order valence-electron chi connectivity index (χ2n) is 6.33. The molecule has 8 heteroatoms.